The summed E-state index contributed by atoms with van der Waals surface area (Å²) < 4.78 is 5.94. The van der Waals surface area contributed by atoms with Gasteiger partial charge in [-0.15, -0.1) is 0 Å². The Hall–Kier alpha value is -1.35. The summed E-state index contributed by atoms with van der Waals surface area (Å²) in [7, 11) is 0. The molecule has 1 aliphatic heterocycles. The Morgan fingerprint density at radius 1 is 1.41 bits per heavy atom. The first-order chi connectivity index (χ1) is 8.25. The van der Waals surface area contributed by atoms with Crippen LogP contribution in [-0.2, 0) is 0 Å². The van der Waals surface area contributed by atoms with E-state index >= 15 is 0 Å². The van der Waals surface area contributed by atoms with E-state index in [1.54, 1.807) is 0 Å². The van der Waals surface area contributed by atoms with Gasteiger partial charge in [-0.3, -0.25) is 0 Å². The fraction of sp³-hybridized carbons (Fsp3) is 0.500. The largest absolute Gasteiger partial charge is 0.439 e. The van der Waals surface area contributed by atoms with E-state index in [2.05, 4.69) is 30.2 Å². The molecule has 3 nitrogen and oxygen atoms in total. The zero-order valence-corrected chi connectivity index (χ0v) is 10.4. The highest BCUT2D eigenvalue weighted by Gasteiger charge is 2.26. The number of hydrogen-bond donors (Lipinski definition) is 1. The number of nitrogens with one attached hydrogen (secondary N) is 1. The van der Waals surface area contributed by atoms with Gasteiger partial charge < -0.3 is 9.73 Å². The number of benzene rings is 1. The van der Waals surface area contributed by atoms with Gasteiger partial charge in [0.1, 0.15) is 5.52 Å². The molecule has 0 bridgehead atoms. The molecule has 2 atom stereocenters. The average molecular weight is 230 g/mol. The molecule has 1 aliphatic rings. The normalized spacial score (nSPS) is 25.3. The molecule has 90 valence electrons. The van der Waals surface area contributed by atoms with E-state index in [9.17, 15) is 0 Å². The van der Waals surface area contributed by atoms with Crippen molar-refractivity contribution in [1.82, 2.24) is 10.3 Å². The predicted octanol–water partition coefficient (Wildman–Crippen LogP) is 3.20. The number of rotatable bonds is 1. The van der Waals surface area contributed by atoms with Crippen LogP contribution in [0.3, 0.4) is 0 Å². The third-order valence-corrected chi connectivity index (χ3v) is 3.66. The highest BCUT2D eigenvalue weighted by molar-refractivity contribution is 5.76. The second kappa shape index (κ2) is 4.15. The van der Waals surface area contributed by atoms with Gasteiger partial charge in [0.15, 0.2) is 5.58 Å². The molecule has 0 aliphatic carbocycles. The first-order valence-electron chi connectivity index (χ1n) is 6.35. The monoisotopic (exact) mass is 230 g/mol. The van der Waals surface area contributed by atoms with Crippen molar-refractivity contribution < 1.29 is 4.42 Å². The van der Waals surface area contributed by atoms with Gasteiger partial charge in [0.2, 0.25) is 5.89 Å². The maximum absolute atomic E-state index is 5.94. The van der Waals surface area contributed by atoms with Gasteiger partial charge in [0, 0.05) is 0 Å². The van der Waals surface area contributed by atoms with E-state index in [4.69, 9.17) is 4.42 Å². The maximum Gasteiger partial charge on any atom is 0.212 e. The molecule has 3 heteroatoms. The Morgan fingerprint density at radius 3 is 3.06 bits per heavy atom. The van der Waals surface area contributed by atoms with E-state index in [1.165, 1.54) is 12.8 Å². The summed E-state index contributed by atoms with van der Waals surface area (Å²) in [6.07, 6.45) is 2.49. The first-order valence-corrected chi connectivity index (χ1v) is 6.35. The Balaban J connectivity index is 2.02. The van der Waals surface area contributed by atoms with Gasteiger partial charge in [-0.25, -0.2) is 4.98 Å². The van der Waals surface area contributed by atoms with Gasteiger partial charge in [0.25, 0.3) is 0 Å². The fourth-order valence-electron chi connectivity index (χ4n) is 2.62. The maximum atomic E-state index is 5.94. The Kier molecular flexibility index (Phi) is 2.63. The lowest BCUT2D eigenvalue weighted by molar-refractivity contribution is 0.264. The summed E-state index contributed by atoms with van der Waals surface area (Å²) >= 11 is 0. The topological polar surface area (TPSA) is 38.1 Å². The van der Waals surface area contributed by atoms with Crippen LogP contribution in [0.4, 0.5) is 0 Å². The SMILES string of the molecule is Cc1cccc2nc(C3NCCCC3C)oc12. The van der Waals surface area contributed by atoms with Crippen LogP contribution >= 0.6 is 0 Å². The zero-order chi connectivity index (χ0) is 11.8. The fourth-order valence-corrected chi connectivity index (χ4v) is 2.62. The number of aryl methyl sites for hydroxylation is 1. The molecule has 2 unspecified atom stereocenters. The first kappa shape index (κ1) is 10.8. The summed E-state index contributed by atoms with van der Waals surface area (Å²) in [6.45, 7) is 5.39. The standard InChI is InChI=1S/C14H18N2O/c1-9-6-4-8-15-12(9)14-16-11-7-3-5-10(2)13(11)17-14/h3,5,7,9,12,15H,4,6,8H2,1-2H3. The number of piperidine rings is 1. The van der Waals surface area contributed by atoms with Crippen molar-refractivity contribution in [3.05, 3.63) is 29.7 Å². The molecule has 1 fully saturated rings. The Bertz CT molecular complexity index is 532. The van der Waals surface area contributed by atoms with Crippen LogP contribution in [0, 0.1) is 12.8 Å². The van der Waals surface area contributed by atoms with Gasteiger partial charge in [-0.05, 0) is 43.9 Å². The van der Waals surface area contributed by atoms with E-state index in [0.29, 0.717) is 5.92 Å². The minimum atomic E-state index is 0.274. The van der Waals surface area contributed by atoms with Crippen molar-refractivity contribution >= 4 is 11.1 Å². The minimum Gasteiger partial charge on any atom is -0.439 e. The van der Waals surface area contributed by atoms with Crippen LogP contribution in [-0.4, -0.2) is 11.5 Å². The number of aromatic nitrogens is 1. The van der Waals surface area contributed by atoms with E-state index in [0.717, 1.165) is 29.1 Å². The summed E-state index contributed by atoms with van der Waals surface area (Å²) in [5, 5.41) is 3.51. The van der Waals surface area contributed by atoms with Crippen molar-refractivity contribution in [2.24, 2.45) is 5.92 Å². The molecule has 17 heavy (non-hydrogen) atoms. The molecule has 2 aromatic rings. The molecule has 3 rings (SSSR count). The van der Waals surface area contributed by atoms with Gasteiger partial charge in [0.05, 0.1) is 6.04 Å². The van der Waals surface area contributed by atoms with Crippen LogP contribution in [0.2, 0.25) is 0 Å². The molecule has 0 amide bonds. The third kappa shape index (κ3) is 1.84. The minimum absolute atomic E-state index is 0.274. The molecular weight excluding hydrogens is 212 g/mol. The second-order valence-electron chi connectivity index (χ2n) is 5.03. The van der Waals surface area contributed by atoms with Crippen LogP contribution in [0.25, 0.3) is 11.1 Å². The molecule has 0 radical (unpaired) electrons. The van der Waals surface area contributed by atoms with Gasteiger partial charge in [-0.1, -0.05) is 19.1 Å². The lowest BCUT2D eigenvalue weighted by Gasteiger charge is -2.27. The van der Waals surface area contributed by atoms with Crippen molar-refractivity contribution in [3.63, 3.8) is 0 Å². The number of fused-ring (bicyclic) bond motifs is 1. The number of nitrogens with zero attached hydrogens (tertiary/aromatic N) is 1. The molecule has 1 aromatic heterocycles. The molecular formula is C14H18N2O. The number of oxazole rings is 1. The molecule has 0 spiro atoms. The summed E-state index contributed by atoms with van der Waals surface area (Å²) in [5.74, 6) is 1.44. The molecule has 1 saturated heterocycles. The van der Waals surface area contributed by atoms with E-state index < -0.39 is 0 Å². The number of para-hydroxylation sites is 1. The zero-order valence-electron chi connectivity index (χ0n) is 10.4. The number of hydrogen-bond acceptors (Lipinski definition) is 3. The Morgan fingerprint density at radius 2 is 2.29 bits per heavy atom. The highest BCUT2D eigenvalue weighted by atomic mass is 16.3. The van der Waals surface area contributed by atoms with Crippen LogP contribution in [0.1, 0.15) is 37.3 Å². The van der Waals surface area contributed by atoms with E-state index in [-0.39, 0.29) is 6.04 Å². The van der Waals surface area contributed by atoms with Crippen molar-refractivity contribution in [3.8, 4) is 0 Å². The van der Waals surface area contributed by atoms with Crippen molar-refractivity contribution in [1.29, 1.82) is 0 Å². The summed E-state index contributed by atoms with van der Waals surface area (Å²) in [5.41, 5.74) is 3.06. The molecule has 1 aromatic carbocycles. The lowest BCUT2D eigenvalue weighted by Crippen LogP contribution is -2.32. The lowest BCUT2D eigenvalue weighted by atomic mass is 9.93. The molecule has 0 saturated carbocycles. The van der Waals surface area contributed by atoms with Crippen molar-refractivity contribution in [2.45, 2.75) is 32.7 Å². The van der Waals surface area contributed by atoms with Crippen LogP contribution in [0.15, 0.2) is 22.6 Å². The smallest absolute Gasteiger partial charge is 0.212 e. The second-order valence-corrected chi connectivity index (χ2v) is 5.03. The Labute approximate surface area is 101 Å². The molecule has 1 N–H and O–H groups in total. The quantitative estimate of drug-likeness (QED) is 0.817. The van der Waals surface area contributed by atoms with E-state index in [1.807, 2.05) is 12.1 Å². The highest BCUT2D eigenvalue weighted by Crippen LogP contribution is 2.31. The van der Waals surface area contributed by atoms with Crippen LogP contribution < -0.4 is 5.32 Å². The van der Waals surface area contributed by atoms with Crippen LogP contribution in [0.5, 0.6) is 0 Å². The third-order valence-electron chi connectivity index (χ3n) is 3.66. The van der Waals surface area contributed by atoms with Crippen molar-refractivity contribution in [2.75, 3.05) is 6.54 Å². The predicted molar refractivity (Wildman–Crippen MR) is 67.9 cm³/mol. The molecule has 2 heterocycles. The van der Waals surface area contributed by atoms with Gasteiger partial charge >= 0.3 is 0 Å². The summed E-state index contributed by atoms with van der Waals surface area (Å²) in [4.78, 5) is 4.62. The summed E-state index contributed by atoms with van der Waals surface area (Å²) in [6, 6.07) is 6.38. The van der Waals surface area contributed by atoms with Gasteiger partial charge in [-0.2, -0.15) is 0 Å². The average Bonchev–Trinajstić information content (AvgIpc) is 2.75.